The predicted octanol–water partition coefficient (Wildman–Crippen LogP) is 5.89. The van der Waals surface area contributed by atoms with Crippen molar-refractivity contribution in [2.45, 2.75) is 64.3 Å². The van der Waals surface area contributed by atoms with Crippen LogP contribution in [0.15, 0.2) is 71.7 Å². The molecule has 2 aromatic heterocycles. The molecule has 1 N–H and O–H groups in total. The minimum absolute atomic E-state index is 0.00645. The van der Waals surface area contributed by atoms with Gasteiger partial charge in [-0.3, -0.25) is 14.3 Å². The molecule has 4 heterocycles. The summed E-state index contributed by atoms with van der Waals surface area (Å²) in [6.07, 6.45) is 4.19. The molecule has 2 unspecified atom stereocenters. The molecule has 2 aromatic carbocycles. The van der Waals surface area contributed by atoms with Gasteiger partial charge in [-0.05, 0) is 57.4 Å². The van der Waals surface area contributed by atoms with Crippen LogP contribution < -0.4 is 10.3 Å². The van der Waals surface area contributed by atoms with Gasteiger partial charge in [0.05, 0.1) is 11.7 Å². The number of benzene rings is 2. The zero-order chi connectivity index (χ0) is 25.7. The van der Waals surface area contributed by atoms with Gasteiger partial charge < -0.3 is 14.5 Å². The molecular formula is C30H31N3O4. The number of H-pyrrole nitrogens is 1. The van der Waals surface area contributed by atoms with Gasteiger partial charge in [0.2, 0.25) is 0 Å². The molecule has 7 nitrogen and oxygen atoms in total. The van der Waals surface area contributed by atoms with Gasteiger partial charge in [0, 0.05) is 46.9 Å². The average molecular weight is 498 g/mol. The Morgan fingerprint density at radius 3 is 2.62 bits per heavy atom. The molecule has 2 aliphatic heterocycles. The number of carbonyl (C=O) groups is 1. The molecule has 0 aliphatic carbocycles. The Kier molecular flexibility index (Phi) is 5.59. The van der Waals surface area contributed by atoms with Crippen molar-refractivity contribution < 1.29 is 14.3 Å². The number of nitrogens with one attached hydrogen (secondary N) is 1. The number of amides is 1. The van der Waals surface area contributed by atoms with Gasteiger partial charge >= 0.3 is 6.09 Å². The van der Waals surface area contributed by atoms with Crippen molar-refractivity contribution in [3.8, 4) is 11.4 Å². The maximum atomic E-state index is 13.0. The Hall–Kier alpha value is -4.00. The number of rotatable bonds is 4. The molecule has 0 radical (unpaired) electrons. The predicted molar refractivity (Wildman–Crippen MR) is 142 cm³/mol. The standard InChI is InChI=1S/C30H31N3O4/c1-30(2,3)37-29(35)33-21-10-12-26(33)28-23-11-9-20(15-24(23)31-25(28)16-21)32-14-13-22(17-27(32)34)36-18-19-7-5-4-6-8-19/h4-9,11,13-15,17,21,26,31H,10,12,16,18H2,1-3H3. The van der Waals surface area contributed by atoms with E-state index in [4.69, 9.17) is 9.47 Å². The van der Waals surface area contributed by atoms with Crippen LogP contribution in [0.3, 0.4) is 0 Å². The third-order valence-corrected chi connectivity index (χ3v) is 7.20. The highest BCUT2D eigenvalue weighted by molar-refractivity contribution is 5.88. The second-order valence-electron chi connectivity index (χ2n) is 10.9. The van der Waals surface area contributed by atoms with Gasteiger partial charge in [0.25, 0.3) is 5.56 Å². The molecule has 0 saturated carbocycles. The lowest BCUT2D eigenvalue weighted by Crippen LogP contribution is -2.44. The molecule has 4 aromatic rings. The molecule has 37 heavy (non-hydrogen) atoms. The highest BCUT2D eigenvalue weighted by Gasteiger charge is 2.45. The average Bonchev–Trinajstić information content (AvgIpc) is 3.38. The van der Waals surface area contributed by atoms with Crippen LogP contribution in [-0.4, -0.2) is 32.2 Å². The first-order chi connectivity index (χ1) is 17.8. The Morgan fingerprint density at radius 2 is 1.86 bits per heavy atom. The normalized spacial score (nSPS) is 18.6. The fraction of sp³-hybridized carbons (Fsp3) is 0.333. The first kappa shape index (κ1) is 23.4. The summed E-state index contributed by atoms with van der Waals surface area (Å²) in [5, 5.41) is 1.09. The lowest BCUT2D eigenvalue weighted by Gasteiger charge is -2.36. The molecule has 7 heteroatoms. The number of aromatic amines is 1. The number of ether oxygens (including phenoxy) is 2. The summed E-state index contributed by atoms with van der Waals surface area (Å²) in [4.78, 5) is 31.5. The lowest BCUT2D eigenvalue weighted by atomic mass is 9.97. The maximum Gasteiger partial charge on any atom is 0.411 e. The van der Waals surface area contributed by atoms with Gasteiger partial charge in [0.15, 0.2) is 0 Å². The van der Waals surface area contributed by atoms with E-state index in [2.05, 4.69) is 11.1 Å². The lowest BCUT2D eigenvalue weighted by molar-refractivity contribution is 0.0125. The van der Waals surface area contributed by atoms with Gasteiger partial charge in [-0.15, -0.1) is 0 Å². The topological polar surface area (TPSA) is 76.6 Å². The van der Waals surface area contributed by atoms with E-state index in [1.165, 1.54) is 17.3 Å². The first-order valence-corrected chi connectivity index (χ1v) is 12.8. The quantitative estimate of drug-likeness (QED) is 0.381. The fourth-order valence-electron chi connectivity index (χ4n) is 5.65. The molecule has 190 valence electrons. The van der Waals surface area contributed by atoms with Crippen molar-refractivity contribution in [1.29, 1.82) is 0 Å². The van der Waals surface area contributed by atoms with Crippen LogP contribution in [0, 0.1) is 0 Å². The molecule has 1 fully saturated rings. The van der Waals surface area contributed by atoms with Crippen molar-refractivity contribution in [3.63, 3.8) is 0 Å². The van der Waals surface area contributed by atoms with Crippen LogP contribution in [0.2, 0.25) is 0 Å². The van der Waals surface area contributed by atoms with E-state index in [0.29, 0.717) is 12.4 Å². The van der Waals surface area contributed by atoms with E-state index in [0.717, 1.165) is 41.4 Å². The summed E-state index contributed by atoms with van der Waals surface area (Å²) < 4.78 is 13.2. The fourth-order valence-corrected chi connectivity index (χ4v) is 5.65. The highest BCUT2D eigenvalue weighted by Crippen LogP contribution is 2.47. The highest BCUT2D eigenvalue weighted by atomic mass is 16.6. The van der Waals surface area contributed by atoms with Crippen LogP contribution in [0.1, 0.15) is 56.5 Å². The van der Waals surface area contributed by atoms with E-state index in [1.54, 1.807) is 10.8 Å². The Bertz CT molecular complexity index is 1530. The van der Waals surface area contributed by atoms with Gasteiger partial charge in [-0.1, -0.05) is 36.4 Å². The van der Waals surface area contributed by atoms with E-state index >= 15 is 0 Å². The van der Waals surface area contributed by atoms with E-state index in [1.807, 2.05) is 74.2 Å². The van der Waals surface area contributed by atoms with E-state index in [9.17, 15) is 9.59 Å². The number of fused-ring (bicyclic) bond motifs is 6. The molecule has 2 bridgehead atoms. The summed E-state index contributed by atoms with van der Waals surface area (Å²) in [7, 11) is 0. The molecular weight excluding hydrogens is 466 g/mol. The monoisotopic (exact) mass is 497 g/mol. The second-order valence-corrected chi connectivity index (χ2v) is 10.9. The smallest absolute Gasteiger partial charge is 0.411 e. The van der Waals surface area contributed by atoms with Crippen LogP contribution >= 0.6 is 0 Å². The summed E-state index contributed by atoms with van der Waals surface area (Å²) in [5.41, 5.74) is 4.47. The van der Waals surface area contributed by atoms with Crippen molar-refractivity contribution in [2.75, 3.05) is 0 Å². The summed E-state index contributed by atoms with van der Waals surface area (Å²) in [5.74, 6) is 0.541. The number of aromatic nitrogens is 2. The summed E-state index contributed by atoms with van der Waals surface area (Å²) in [6.45, 7) is 6.12. The Morgan fingerprint density at radius 1 is 1.05 bits per heavy atom. The van der Waals surface area contributed by atoms with Crippen LogP contribution in [0.5, 0.6) is 5.75 Å². The Balaban J connectivity index is 1.27. The largest absolute Gasteiger partial charge is 0.489 e. The van der Waals surface area contributed by atoms with Crippen LogP contribution in [-0.2, 0) is 17.8 Å². The SMILES string of the molecule is CC(C)(C)OC(=O)N1C2CCC1c1c([nH]c3cc(-n4ccc(OCc5ccccc5)cc4=O)ccc13)C2. The van der Waals surface area contributed by atoms with Gasteiger partial charge in [0.1, 0.15) is 18.0 Å². The second kappa shape index (κ2) is 8.83. The zero-order valence-corrected chi connectivity index (χ0v) is 21.4. The molecule has 2 aliphatic rings. The maximum absolute atomic E-state index is 13.0. The van der Waals surface area contributed by atoms with Crippen molar-refractivity contribution in [3.05, 3.63) is 94.0 Å². The molecule has 1 saturated heterocycles. The number of hydrogen-bond acceptors (Lipinski definition) is 4. The minimum Gasteiger partial charge on any atom is -0.489 e. The third-order valence-electron chi connectivity index (χ3n) is 7.20. The third kappa shape index (κ3) is 4.39. The van der Waals surface area contributed by atoms with E-state index in [-0.39, 0.29) is 23.7 Å². The molecule has 2 atom stereocenters. The number of pyridine rings is 1. The molecule has 1 amide bonds. The van der Waals surface area contributed by atoms with Gasteiger partial charge in [-0.25, -0.2) is 4.79 Å². The number of nitrogens with zero attached hydrogens (tertiary/aromatic N) is 2. The summed E-state index contributed by atoms with van der Waals surface area (Å²) in [6, 6.07) is 19.4. The number of hydrogen-bond donors (Lipinski definition) is 1. The van der Waals surface area contributed by atoms with Crippen molar-refractivity contribution in [1.82, 2.24) is 14.5 Å². The van der Waals surface area contributed by atoms with Crippen molar-refractivity contribution >= 4 is 17.0 Å². The van der Waals surface area contributed by atoms with Crippen LogP contribution in [0.4, 0.5) is 4.79 Å². The van der Waals surface area contributed by atoms with Gasteiger partial charge in [-0.2, -0.15) is 0 Å². The van der Waals surface area contributed by atoms with Crippen molar-refractivity contribution in [2.24, 2.45) is 0 Å². The van der Waals surface area contributed by atoms with E-state index < -0.39 is 5.60 Å². The minimum atomic E-state index is -0.526. The first-order valence-electron chi connectivity index (χ1n) is 12.8. The Labute approximate surface area is 215 Å². The molecule has 0 spiro atoms. The van der Waals surface area contributed by atoms with Crippen LogP contribution in [0.25, 0.3) is 16.6 Å². The summed E-state index contributed by atoms with van der Waals surface area (Å²) >= 11 is 0. The number of carbonyl (C=O) groups excluding carboxylic acids is 1. The zero-order valence-electron chi connectivity index (χ0n) is 21.4. The molecule has 6 rings (SSSR count).